The fourth-order valence-electron chi connectivity index (χ4n) is 5.22. The highest BCUT2D eigenvalue weighted by Gasteiger charge is 1.97. The van der Waals surface area contributed by atoms with Gasteiger partial charge < -0.3 is 0 Å². The van der Waals surface area contributed by atoms with Crippen molar-refractivity contribution in [1.29, 1.82) is 0 Å². The van der Waals surface area contributed by atoms with Crippen molar-refractivity contribution in [2.24, 2.45) is 0 Å². The van der Waals surface area contributed by atoms with E-state index in [1.54, 1.807) is 6.04 Å². The van der Waals surface area contributed by atoms with Crippen LogP contribution in [0, 0.1) is 0 Å². The molecule has 0 nitrogen and oxygen atoms in total. The lowest BCUT2D eigenvalue weighted by Crippen LogP contribution is -1.97. The molecular formula is C32H69ClSi. The predicted molar refractivity (Wildman–Crippen MR) is 166 cm³/mol. The van der Waals surface area contributed by atoms with Crippen LogP contribution in [0.15, 0.2) is 0 Å². The number of hydrogen-bond donors (Lipinski definition) is 0. The predicted octanol–water partition coefficient (Wildman–Crippen LogP) is 12.8. The van der Waals surface area contributed by atoms with Crippen LogP contribution in [0.2, 0.25) is 19.1 Å². The Balaban J connectivity index is 0. The van der Waals surface area contributed by atoms with Crippen LogP contribution in [-0.2, 0) is 0 Å². The maximum atomic E-state index is 2.49. The zero-order chi connectivity index (χ0) is 24.1. The van der Waals surface area contributed by atoms with Gasteiger partial charge in [-0.3, -0.25) is 0 Å². The standard InChI is InChI=1S/C32H68Si.ClH/c1-4-5-6-7-8-9-10-11-12-13-14-15-16-17-18-19-20-21-22-23-24-25-26-27-28-29-30-31-32-33(2)3;/h33H,4-32H2,1-3H3;1H. The first-order chi connectivity index (χ1) is 16.3. The molecule has 2 heteroatoms. The smallest absolute Gasteiger partial charge is 0.0305 e. The summed E-state index contributed by atoms with van der Waals surface area (Å²) in [6.45, 7) is 7.28. The van der Waals surface area contributed by atoms with E-state index in [4.69, 9.17) is 0 Å². The van der Waals surface area contributed by atoms with Crippen molar-refractivity contribution in [3.63, 3.8) is 0 Å². The lowest BCUT2D eigenvalue weighted by molar-refractivity contribution is 0.514. The molecule has 208 valence electrons. The molecule has 0 amide bonds. The molecule has 0 saturated carbocycles. The minimum absolute atomic E-state index is 0. The van der Waals surface area contributed by atoms with Gasteiger partial charge in [-0.25, -0.2) is 0 Å². The molecule has 0 unspecified atom stereocenters. The molecular weight excluding hydrogens is 448 g/mol. The summed E-state index contributed by atoms with van der Waals surface area (Å²) in [5.74, 6) is 0. The summed E-state index contributed by atoms with van der Waals surface area (Å²) in [7, 11) is -0.277. The monoisotopic (exact) mass is 516 g/mol. The van der Waals surface area contributed by atoms with Crippen molar-refractivity contribution < 1.29 is 0 Å². The molecule has 0 aliphatic carbocycles. The van der Waals surface area contributed by atoms with Crippen LogP contribution in [0.1, 0.15) is 187 Å². The lowest BCUT2D eigenvalue weighted by Gasteiger charge is -2.05. The van der Waals surface area contributed by atoms with Crippen molar-refractivity contribution in [3.05, 3.63) is 0 Å². The van der Waals surface area contributed by atoms with Crippen LogP contribution in [0.3, 0.4) is 0 Å². The molecule has 0 rings (SSSR count). The van der Waals surface area contributed by atoms with Gasteiger partial charge in [0.25, 0.3) is 0 Å². The van der Waals surface area contributed by atoms with Crippen LogP contribution in [-0.4, -0.2) is 8.80 Å². The Kier molecular flexibility index (Phi) is 36.1. The third-order valence-corrected chi connectivity index (χ3v) is 9.20. The quantitative estimate of drug-likeness (QED) is 0.0684. The zero-order valence-electron chi connectivity index (χ0n) is 24.5. The summed E-state index contributed by atoms with van der Waals surface area (Å²) >= 11 is 0. The van der Waals surface area contributed by atoms with Crippen molar-refractivity contribution in [2.45, 2.75) is 206 Å². The van der Waals surface area contributed by atoms with E-state index in [1.807, 2.05) is 0 Å². The van der Waals surface area contributed by atoms with Gasteiger partial charge in [-0.1, -0.05) is 206 Å². The van der Waals surface area contributed by atoms with E-state index in [-0.39, 0.29) is 21.2 Å². The molecule has 0 radical (unpaired) electrons. The highest BCUT2D eigenvalue weighted by molar-refractivity contribution is 6.55. The molecule has 0 spiro atoms. The van der Waals surface area contributed by atoms with Crippen LogP contribution < -0.4 is 0 Å². The minimum Gasteiger partial charge on any atom is -0.147 e. The normalized spacial score (nSPS) is 11.3. The van der Waals surface area contributed by atoms with E-state index in [9.17, 15) is 0 Å². The van der Waals surface area contributed by atoms with Crippen LogP contribution in [0.4, 0.5) is 0 Å². The van der Waals surface area contributed by atoms with E-state index < -0.39 is 0 Å². The first-order valence-corrected chi connectivity index (χ1v) is 19.4. The van der Waals surface area contributed by atoms with Crippen molar-refractivity contribution >= 4 is 21.2 Å². The Morgan fingerprint density at radius 2 is 0.471 bits per heavy atom. The van der Waals surface area contributed by atoms with Gasteiger partial charge in [0.05, 0.1) is 0 Å². The highest BCUT2D eigenvalue weighted by Crippen LogP contribution is 2.16. The van der Waals surface area contributed by atoms with Crippen LogP contribution in [0.5, 0.6) is 0 Å². The average Bonchev–Trinajstić information content (AvgIpc) is 2.80. The highest BCUT2D eigenvalue weighted by atomic mass is 35.5. The third-order valence-electron chi connectivity index (χ3n) is 7.64. The molecule has 0 aromatic rings. The largest absolute Gasteiger partial charge is 0.147 e. The number of rotatable bonds is 29. The Labute approximate surface area is 226 Å². The second-order valence-corrected chi connectivity index (χ2v) is 15.1. The second kappa shape index (κ2) is 33.5. The van der Waals surface area contributed by atoms with Gasteiger partial charge >= 0.3 is 0 Å². The average molecular weight is 517 g/mol. The van der Waals surface area contributed by atoms with Gasteiger partial charge in [-0.15, -0.1) is 12.4 Å². The maximum Gasteiger partial charge on any atom is 0.0305 e. The third kappa shape index (κ3) is 34.7. The first kappa shape index (κ1) is 36.7. The molecule has 34 heavy (non-hydrogen) atoms. The van der Waals surface area contributed by atoms with Crippen LogP contribution in [0.25, 0.3) is 0 Å². The SMILES string of the molecule is CCCCCCCCCCCCCCCCCCCCCCCCCCCCCC[SiH](C)C.Cl. The van der Waals surface area contributed by atoms with Crippen molar-refractivity contribution in [2.75, 3.05) is 0 Å². The maximum absolute atomic E-state index is 2.49. The number of unbranched alkanes of at least 4 members (excludes halogenated alkanes) is 27. The van der Waals surface area contributed by atoms with Gasteiger partial charge in [0.15, 0.2) is 0 Å². The Hall–Kier alpha value is 0.507. The van der Waals surface area contributed by atoms with Gasteiger partial charge in [0.2, 0.25) is 0 Å². The summed E-state index contributed by atoms with van der Waals surface area (Å²) in [6, 6.07) is 1.57. The molecule has 0 fully saturated rings. The van der Waals surface area contributed by atoms with Crippen LogP contribution >= 0.6 is 12.4 Å². The fraction of sp³-hybridized carbons (Fsp3) is 1.00. The number of hydrogen-bond acceptors (Lipinski definition) is 0. The number of halogens is 1. The van der Waals surface area contributed by atoms with E-state index >= 15 is 0 Å². The fourth-order valence-corrected chi connectivity index (χ4v) is 6.33. The van der Waals surface area contributed by atoms with Gasteiger partial charge in [0.1, 0.15) is 0 Å². The van der Waals surface area contributed by atoms with E-state index in [1.165, 1.54) is 180 Å². The summed E-state index contributed by atoms with van der Waals surface area (Å²) in [4.78, 5) is 0. The minimum atomic E-state index is -0.277. The Morgan fingerprint density at radius 3 is 0.647 bits per heavy atom. The molecule has 0 heterocycles. The van der Waals surface area contributed by atoms with E-state index in [0.717, 1.165) is 0 Å². The summed E-state index contributed by atoms with van der Waals surface area (Å²) < 4.78 is 0. The molecule has 0 aromatic heterocycles. The molecule has 0 aliphatic heterocycles. The summed E-state index contributed by atoms with van der Waals surface area (Å²) in [5.41, 5.74) is 0. The lowest BCUT2D eigenvalue weighted by atomic mass is 10.0. The molecule has 0 atom stereocenters. The van der Waals surface area contributed by atoms with E-state index in [2.05, 4.69) is 20.0 Å². The first-order valence-electron chi connectivity index (χ1n) is 16.3. The van der Waals surface area contributed by atoms with Gasteiger partial charge in [-0.2, -0.15) is 0 Å². The molecule has 0 bridgehead atoms. The molecule has 0 saturated heterocycles. The molecule has 0 aromatic carbocycles. The van der Waals surface area contributed by atoms with Crippen molar-refractivity contribution in [3.8, 4) is 0 Å². The van der Waals surface area contributed by atoms with Gasteiger partial charge in [-0.05, 0) is 0 Å². The summed E-state index contributed by atoms with van der Waals surface area (Å²) in [5, 5.41) is 0. The summed E-state index contributed by atoms with van der Waals surface area (Å²) in [6.07, 6.45) is 41.7. The molecule has 0 N–H and O–H groups in total. The zero-order valence-corrected chi connectivity index (χ0v) is 26.5. The molecule has 0 aliphatic rings. The Bertz CT molecular complexity index is 331. The van der Waals surface area contributed by atoms with E-state index in [0.29, 0.717) is 0 Å². The topological polar surface area (TPSA) is 0 Å². The van der Waals surface area contributed by atoms with Crippen molar-refractivity contribution in [1.82, 2.24) is 0 Å². The van der Waals surface area contributed by atoms with Gasteiger partial charge in [0, 0.05) is 8.80 Å². The Morgan fingerprint density at radius 1 is 0.294 bits per heavy atom. The second-order valence-electron chi connectivity index (χ2n) is 11.7.